The minimum atomic E-state index is -3.52. The quantitative estimate of drug-likeness (QED) is 0.704. The number of para-hydroxylation sites is 1. The van der Waals surface area contributed by atoms with Gasteiger partial charge in [-0.2, -0.15) is 4.31 Å². The first-order valence-electron chi connectivity index (χ1n) is 11.5. The van der Waals surface area contributed by atoms with Crippen LogP contribution in [-0.2, 0) is 14.8 Å². The largest absolute Gasteiger partial charge is 0.487 e. The first-order valence-corrected chi connectivity index (χ1v) is 13.0. The van der Waals surface area contributed by atoms with Gasteiger partial charge in [0, 0.05) is 31.0 Å². The Balaban J connectivity index is 1.43. The molecule has 0 unspecified atom stereocenters. The standard InChI is InChI=1S/C25H32N2O4S/c1-3-25(4-2)18-22(21-12-8-9-13-23(21)31-25)26-24(28)19-14-16-27(17-15-19)32(29,30)20-10-6-5-7-11-20/h5-13,19,22H,3-4,14-18H2,1-2H3,(H,26,28)/t22-/m1/s1. The lowest BCUT2D eigenvalue weighted by Gasteiger charge is -2.42. The molecule has 172 valence electrons. The van der Waals surface area contributed by atoms with Gasteiger partial charge in [-0.25, -0.2) is 8.42 Å². The highest BCUT2D eigenvalue weighted by Gasteiger charge is 2.40. The summed E-state index contributed by atoms with van der Waals surface area (Å²) in [6, 6.07) is 16.3. The minimum Gasteiger partial charge on any atom is -0.487 e. The zero-order valence-electron chi connectivity index (χ0n) is 18.8. The molecule has 6 nitrogen and oxygen atoms in total. The topological polar surface area (TPSA) is 75.7 Å². The Morgan fingerprint density at radius 2 is 1.66 bits per heavy atom. The lowest BCUT2D eigenvalue weighted by Crippen LogP contribution is -2.47. The Labute approximate surface area is 191 Å². The molecule has 0 saturated carbocycles. The average Bonchev–Trinajstić information content (AvgIpc) is 2.84. The van der Waals surface area contributed by atoms with Crippen molar-refractivity contribution in [1.82, 2.24) is 9.62 Å². The molecule has 0 radical (unpaired) electrons. The third kappa shape index (κ3) is 4.41. The Bertz CT molecular complexity index is 1040. The van der Waals surface area contributed by atoms with E-state index >= 15 is 0 Å². The zero-order valence-corrected chi connectivity index (χ0v) is 19.6. The van der Waals surface area contributed by atoms with Gasteiger partial charge in [0.25, 0.3) is 0 Å². The van der Waals surface area contributed by atoms with Crippen molar-refractivity contribution in [3.63, 3.8) is 0 Å². The molecule has 4 rings (SSSR count). The number of hydrogen-bond acceptors (Lipinski definition) is 4. The van der Waals surface area contributed by atoms with E-state index in [1.54, 1.807) is 30.3 Å². The van der Waals surface area contributed by atoms with E-state index in [1.807, 2.05) is 24.3 Å². The first-order chi connectivity index (χ1) is 15.4. The van der Waals surface area contributed by atoms with Gasteiger partial charge in [0.15, 0.2) is 0 Å². The minimum absolute atomic E-state index is 0.00423. The number of ether oxygens (including phenoxy) is 1. The summed E-state index contributed by atoms with van der Waals surface area (Å²) in [5.41, 5.74) is 0.738. The molecule has 2 aromatic rings. The second-order valence-corrected chi connectivity index (χ2v) is 10.7. The predicted molar refractivity (Wildman–Crippen MR) is 124 cm³/mol. The average molecular weight is 457 g/mol. The van der Waals surface area contributed by atoms with Crippen LogP contribution in [0.25, 0.3) is 0 Å². The Hall–Kier alpha value is -2.38. The molecule has 1 fully saturated rings. The van der Waals surface area contributed by atoms with Crippen molar-refractivity contribution in [1.29, 1.82) is 0 Å². The van der Waals surface area contributed by atoms with Gasteiger partial charge in [0.1, 0.15) is 11.4 Å². The van der Waals surface area contributed by atoms with E-state index in [9.17, 15) is 13.2 Å². The van der Waals surface area contributed by atoms with Gasteiger partial charge in [0.2, 0.25) is 15.9 Å². The monoisotopic (exact) mass is 456 g/mol. The predicted octanol–water partition coefficient (Wildman–Crippen LogP) is 4.29. The van der Waals surface area contributed by atoms with Crippen LogP contribution in [0.5, 0.6) is 5.75 Å². The fraction of sp³-hybridized carbons (Fsp3) is 0.480. The maximum Gasteiger partial charge on any atom is 0.243 e. The molecule has 0 aliphatic carbocycles. The lowest BCUT2D eigenvalue weighted by atomic mass is 9.83. The molecule has 1 amide bonds. The third-order valence-electron chi connectivity index (χ3n) is 7.01. The van der Waals surface area contributed by atoms with Crippen LogP contribution in [0.2, 0.25) is 0 Å². The van der Waals surface area contributed by atoms with Crippen molar-refractivity contribution in [2.45, 2.75) is 62.5 Å². The van der Waals surface area contributed by atoms with E-state index in [4.69, 9.17) is 4.74 Å². The fourth-order valence-electron chi connectivity index (χ4n) is 4.82. The molecule has 1 atom stereocenters. The SMILES string of the molecule is CCC1(CC)C[C@@H](NC(=O)C2CCN(S(=O)(=O)c3ccccc3)CC2)c2ccccc2O1. The van der Waals surface area contributed by atoms with Crippen molar-refractivity contribution in [3.8, 4) is 5.75 Å². The third-order valence-corrected chi connectivity index (χ3v) is 8.92. The highest BCUT2D eigenvalue weighted by molar-refractivity contribution is 7.89. The molecule has 2 aromatic carbocycles. The number of nitrogens with zero attached hydrogens (tertiary/aromatic N) is 1. The number of carbonyl (C=O) groups excluding carboxylic acids is 1. The van der Waals surface area contributed by atoms with Crippen molar-refractivity contribution in [3.05, 3.63) is 60.2 Å². The van der Waals surface area contributed by atoms with Crippen molar-refractivity contribution in [2.75, 3.05) is 13.1 Å². The van der Waals surface area contributed by atoms with Gasteiger partial charge in [-0.1, -0.05) is 50.2 Å². The molecule has 2 aliphatic heterocycles. The van der Waals surface area contributed by atoms with Crippen LogP contribution in [0.3, 0.4) is 0 Å². The van der Waals surface area contributed by atoms with Gasteiger partial charge in [-0.05, 0) is 43.9 Å². The summed E-state index contributed by atoms with van der Waals surface area (Å²) >= 11 is 0. The lowest BCUT2D eigenvalue weighted by molar-refractivity contribution is -0.127. The van der Waals surface area contributed by atoms with E-state index in [0.29, 0.717) is 30.8 Å². The molecule has 7 heteroatoms. The number of sulfonamides is 1. The van der Waals surface area contributed by atoms with Gasteiger partial charge in [-0.15, -0.1) is 0 Å². The summed E-state index contributed by atoms with van der Waals surface area (Å²) < 4.78 is 33.6. The van der Waals surface area contributed by atoms with Crippen LogP contribution in [0.15, 0.2) is 59.5 Å². The van der Waals surface area contributed by atoms with Crippen molar-refractivity contribution in [2.24, 2.45) is 5.92 Å². The fourth-order valence-corrected chi connectivity index (χ4v) is 6.31. The smallest absolute Gasteiger partial charge is 0.243 e. The zero-order chi connectivity index (χ0) is 22.8. The number of carbonyl (C=O) groups is 1. The second-order valence-electron chi connectivity index (χ2n) is 8.79. The van der Waals surface area contributed by atoms with Crippen LogP contribution in [0.1, 0.15) is 57.6 Å². The van der Waals surface area contributed by atoms with Crippen molar-refractivity contribution >= 4 is 15.9 Å². The molecule has 1 N–H and O–H groups in total. The number of hydrogen-bond donors (Lipinski definition) is 1. The maximum atomic E-state index is 13.2. The summed E-state index contributed by atoms with van der Waals surface area (Å²) in [5.74, 6) is 0.658. The highest BCUT2D eigenvalue weighted by Crippen LogP contribution is 2.42. The van der Waals surface area contributed by atoms with Gasteiger partial charge in [-0.3, -0.25) is 4.79 Å². The van der Waals surface area contributed by atoms with E-state index in [2.05, 4.69) is 19.2 Å². The molecule has 0 spiro atoms. The highest BCUT2D eigenvalue weighted by atomic mass is 32.2. The molecule has 2 heterocycles. The van der Waals surface area contributed by atoms with Crippen LogP contribution in [-0.4, -0.2) is 37.3 Å². The molecule has 32 heavy (non-hydrogen) atoms. The Kier molecular flexibility index (Phi) is 6.58. The van der Waals surface area contributed by atoms with Crippen LogP contribution >= 0.6 is 0 Å². The van der Waals surface area contributed by atoms with Crippen LogP contribution in [0, 0.1) is 5.92 Å². The number of piperidine rings is 1. The molecular formula is C25H32N2O4S. The molecule has 1 saturated heterocycles. The Morgan fingerprint density at radius 3 is 2.31 bits per heavy atom. The van der Waals surface area contributed by atoms with E-state index in [-0.39, 0.29) is 23.5 Å². The maximum absolute atomic E-state index is 13.2. The number of amides is 1. The summed E-state index contributed by atoms with van der Waals surface area (Å²) in [6.07, 6.45) is 3.54. The van der Waals surface area contributed by atoms with Crippen LogP contribution < -0.4 is 10.1 Å². The number of rotatable bonds is 6. The number of benzene rings is 2. The van der Waals surface area contributed by atoms with Gasteiger partial charge < -0.3 is 10.1 Å². The summed E-state index contributed by atoms with van der Waals surface area (Å²) in [5, 5.41) is 3.27. The molecule has 0 aromatic heterocycles. The molecular weight excluding hydrogens is 424 g/mol. The number of fused-ring (bicyclic) bond motifs is 1. The van der Waals surface area contributed by atoms with E-state index in [0.717, 1.165) is 30.6 Å². The van der Waals surface area contributed by atoms with Crippen molar-refractivity contribution < 1.29 is 17.9 Å². The number of nitrogens with one attached hydrogen (secondary N) is 1. The van der Waals surface area contributed by atoms with Crippen LogP contribution in [0.4, 0.5) is 0 Å². The van der Waals surface area contributed by atoms with E-state index in [1.165, 1.54) is 4.31 Å². The summed E-state index contributed by atoms with van der Waals surface area (Å²) in [7, 11) is -3.52. The second kappa shape index (κ2) is 9.24. The first kappa shape index (κ1) is 22.8. The van der Waals surface area contributed by atoms with Gasteiger partial charge in [0.05, 0.1) is 10.9 Å². The normalized spacial score (nSPS) is 21.4. The van der Waals surface area contributed by atoms with E-state index < -0.39 is 10.0 Å². The van der Waals surface area contributed by atoms with Gasteiger partial charge >= 0.3 is 0 Å². The molecule has 0 bridgehead atoms. The summed E-state index contributed by atoms with van der Waals surface area (Å²) in [6.45, 7) is 4.96. The Morgan fingerprint density at radius 1 is 1.03 bits per heavy atom. The summed E-state index contributed by atoms with van der Waals surface area (Å²) in [4.78, 5) is 13.5. The molecule has 2 aliphatic rings.